The first-order chi connectivity index (χ1) is 10.1. The Morgan fingerprint density at radius 1 is 1.14 bits per heavy atom. The van der Waals surface area contributed by atoms with Crippen molar-refractivity contribution in [3.63, 3.8) is 0 Å². The maximum Gasteiger partial charge on any atom is 0.231 e. The summed E-state index contributed by atoms with van der Waals surface area (Å²) >= 11 is 0. The summed E-state index contributed by atoms with van der Waals surface area (Å²) in [5, 5.41) is 6.05. The van der Waals surface area contributed by atoms with Crippen LogP contribution in [-0.4, -0.2) is 61.1 Å². The number of hydrogen-bond donors (Lipinski definition) is 2. The molecule has 21 heavy (non-hydrogen) atoms. The van der Waals surface area contributed by atoms with Crippen LogP contribution in [0.4, 0.5) is 17.8 Å². The molecule has 8 nitrogen and oxygen atoms in total. The summed E-state index contributed by atoms with van der Waals surface area (Å²) in [5.74, 6) is 1.96. The molecule has 3 rings (SSSR count). The average Bonchev–Trinajstić information content (AvgIpc) is 3.08. The lowest BCUT2D eigenvalue weighted by Crippen LogP contribution is -2.25. The fraction of sp³-hybridized carbons (Fsp3) is 0.750. The quantitative estimate of drug-likeness (QED) is 0.808. The second-order valence-electron chi connectivity index (χ2n) is 5.47. The number of rotatable bonds is 4. The highest BCUT2D eigenvalue weighted by Gasteiger charge is 2.28. The number of sulfone groups is 1. The highest BCUT2D eigenvalue weighted by atomic mass is 32.2. The molecule has 1 unspecified atom stereocenters. The largest absolute Gasteiger partial charge is 0.357 e. The van der Waals surface area contributed by atoms with E-state index in [0.717, 1.165) is 25.9 Å². The van der Waals surface area contributed by atoms with Gasteiger partial charge in [0.1, 0.15) is 0 Å². The Bertz CT molecular complexity index is 614. The second-order valence-corrected chi connectivity index (χ2v) is 7.70. The van der Waals surface area contributed by atoms with Gasteiger partial charge in [-0.05, 0) is 19.3 Å². The van der Waals surface area contributed by atoms with Crippen LogP contribution in [0.1, 0.15) is 19.3 Å². The number of anilines is 3. The molecule has 0 amide bonds. The topological polar surface area (TPSA) is 100 Å². The zero-order valence-corrected chi connectivity index (χ0v) is 12.9. The molecule has 2 saturated heterocycles. The van der Waals surface area contributed by atoms with Crippen molar-refractivity contribution in [1.29, 1.82) is 0 Å². The molecule has 1 aromatic rings. The van der Waals surface area contributed by atoms with Crippen molar-refractivity contribution in [2.45, 2.75) is 25.3 Å². The molecule has 0 aliphatic carbocycles. The molecule has 1 aromatic heterocycles. The average molecular weight is 312 g/mol. The summed E-state index contributed by atoms with van der Waals surface area (Å²) < 4.78 is 23.0. The van der Waals surface area contributed by atoms with Gasteiger partial charge in [-0.2, -0.15) is 15.0 Å². The predicted molar refractivity (Wildman–Crippen MR) is 81.5 cm³/mol. The Hall–Kier alpha value is -1.64. The molecule has 0 bridgehead atoms. The van der Waals surface area contributed by atoms with E-state index in [2.05, 4.69) is 30.5 Å². The van der Waals surface area contributed by atoms with Gasteiger partial charge in [0.25, 0.3) is 0 Å². The van der Waals surface area contributed by atoms with E-state index in [1.54, 1.807) is 7.05 Å². The van der Waals surface area contributed by atoms with Gasteiger partial charge in [-0.3, -0.25) is 0 Å². The predicted octanol–water partition coefficient (Wildman–Crippen LogP) is 0.113. The standard InChI is InChI=1S/C12H20N6O2S/c1-13-10-15-11(14-9-4-7-21(19,20)8-9)17-12(16-10)18-5-2-3-6-18/h9H,2-8H2,1H3,(H2,13,14,15,16,17). The van der Waals surface area contributed by atoms with Gasteiger partial charge in [0.05, 0.1) is 11.5 Å². The van der Waals surface area contributed by atoms with Crippen molar-refractivity contribution in [3.8, 4) is 0 Å². The Morgan fingerprint density at radius 3 is 2.48 bits per heavy atom. The zero-order valence-electron chi connectivity index (χ0n) is 12.0. The second kappa shape index (κ2) is 5.63. The molecule has 3 heterocycles. The van der Waals surface area contributed by atoms with E-state index in [0.29, 0.717) is 24.3 Å². The van der Waals surface area contributed by atoms with Crippen LogP contribution in [0, 0.1) is 0 Å². The smallest absolute Gasteiger partial charge is 0.231 e. The van der Waals surface area contributed by atoms with E-state index in [1.807, 2.05) is 0 Å². The van der Waals surface area contributed by atoms with Crippen LogP contribution in [0.3, 0.4) is 0 Å². The number of nitrogens with one attached hydrogen (secondary N) is 2. The van der Waals surface area contributed by atoms with Crippen LogP contribution in [0.2, 0.25) is 0 Å². The molecule has 0 saturated carbocycles. The van der Waals surface area contributed by atoms with Crippen LogP contribution in [0.5, 0.6) is 0 Å². The van der Waals surface area contributed by atoms with Gasteiger partial charge in [0.15, 0.2) is 9.84 Å². The fourth-order valence-electron chi connectivity index (χ4n) is 2.69. The minimum atomic E-state index is -2.92. The summed E-state index contributed by atoms with van der Waals surface area (Å²) in [4.78, 5) is 15.2. The maximum atomic E-state index is 11.5. The monoisotopic (exact) mass is 312 g/mol. The molecule has 9 heteroatoms. The molecule has 2 aliphatic heterocycles. The van der Waals surface area contributed by atoms with Gasteiger partial charge in [0, 0.05) is 26.2 Å². The van der Waals surface area contributed by atoms with Crippen molar-refractivity contribution >= 4 is 27.7 Å². The van der Waals surface area contributed by atoms with Crippen LogP contribution in [-0.2, 0) is 9.84 Å². The molecule has 0 spiro atoms. The van der Waals surface area contributed by atoms with Gasteiger partial charge in [-0.1, -0.05) is 0 Å². The molecule has 1 atom stereocenters. The molecule has 0 radical (unpaired) electrons. The van der Waals surface area contributed by atoms with Crippen LogP contribution >= 0.6 is 0 Å². The summed E-state index contributed by atoms with van der Waals surface area (Å²) in [6.07, 6.45) is 2.89. The minimum Gasteiger partial charge on any atom is -0.357 e. The lowest BCUT2D eigenvalue weighted by molar-refractivity contribution is 0.602. The van der Waals surface area contributed by atoms with E-state index in [9.17, 15) is 8.42 Å². The van der Waals surface area contributed by atoms with E-state index in [-0.39, 0.29) is 17.5 Å². The van der Waals surface area contributed by atoms with E-state index in [1.165, 1.54) is 0 Å². The lowest BCUT2D eigenvalue weighted by Gasteiger charge is -2.18. The third-order valence-electron chi connectivity index (χ3n) is 3.80. The van der Waals surface area contributed by atoms with Crippen molar-refractivity contribution in [2.75, 3.05) is 47.2 Å². The molecule has 2 aliphatic rings. The summed E-state index contributed by atoms with van der Waals surface area (Å²) in [6, 6.07) is -0.117. The highest BCUT2D eigenvalue weighted by Crippen LogP contribution is 2.20. The number of nitrogens with zero attached hydrogens (tertiary/aromatic N) is 4. The Morgan fingerprint density at radius 2 is 1.86 bits per heavy atom. The summed E-state index contributed by atoms with van der Waals surface area (Å²) in [6.45, 7) is 1.90. The van der Waals surface area contributed by atoms with Crippen molar-refractivity contribution in [2.24, 2.45) is 0 Å². The number of hydrogen-bond acceptors (Lipinski definition) is 8. The zero-order chi connectivity index (χ0) is 14.9. The number of aromatic nitrogens is 3. The van der Waals surface area contributed by atoms with Gasteiger partial charge in [-0.25, -0.2) is 8.42 Å². The van der Waals surface area contributed by atoms with E-state index in [4.69, 9.17) is 0 Å². The van der Waals surface area contributed by atoms with Gasteiger partial charge < -0.3 is 15.5 Å². The Kier molecular flexibility index (Phi) is 3.83. The Labute approximate surface area is 124 Å². The Balaban J connectivity index is 1.79. The molecular formula is C12H20N6O2S. The molecule has 0 aromatic carbocycles. The van der Waals surface area contributed by atoms with Gasteiger partial charge in [-0.15, -0.1) is 0 Å². The maximum absolute atomic E-state index is 11.5. The third-order valence-corrected chi connectivity index (χ3v) is 5.57. The first-order valence-corrected chi connectivity index (χ1v) is 9.03. The van der Waals surface area contributed by atoms with Crippen LogP contribution in [0.15, 0.2) is 0 Å². The first-order valence-electron chi connectivity index (χ1n) is 7.21. The molecule has 2 N–H and O–H groups in total. The van der Waals surface area contributed by atoms with Crippen LogP contribution < -0.4 is 15.5 Å². The minimum absolute atomic E-state index is 0.117. The molecule has 116 valence electrons. The normalized spacial score (nSPS) is 24.2. The molecular weight excluding hydrogens is 292 g/mol. The van der Waals surface area contributed by atoms with Crippen molar-refractivity contribution in [1.82, 2.24) is 15.0 Å². The van der Waals surface area contributed by atoms with Gasteiger partial charge in [0.2, 0.25) is 17.8 Å². The van der Waals surface area contributed by atoms with E-state index < -0.39 is 9.84 Å². The van der Waals surface area contributed by atoms with E-state index >= 15 is 0 Å². The third kappa shape index (κ3) is 3.34. The van der Waals surface area contributed by atoms with Crippen LogP contribution in [0.25, 0.3) is 0 Å². The summed E-state index contributed by atoms with van der Waals surface area (Å²) in [7, 11) is -1.16. The summed E-state index contributed by atoms with van der Waals surface area (Å²) in [5.41, 5.74) is 0. The van der Waals surface area contributed by atoms with Crippen molar-refractivity contribution in [3.05, 3.63) is 0 Å². The SMILES string of the molecule is CNc1nc(NC2CCS(=O)(=O)C2)nc(N2CCCC2)n1. The highest BCUT2D eigenvalue weighted by molar-refractivity contribution is 7.91. The first kappa shape index (κ1) is 14.3. The molecule has 2 fully saturated rings. The van der Waals surface area contributed by atoms with Crippen molar-refractivity contribution < 1.29 is 8.42 Å². The fourth-order valence-corrected chi connectivity index (χ4v) is 4.36. The lowest BCUT2D eigenvalue weighted by atomic mass is 10.3. The van der Waals surface area contributed by atoms with Gasteiger partial charge >= 0.3 is 0 Å².